The van der Waals surface area contributed by atoms with Crippen LogP contribution in [-0.4, -0.2) is 30.2 Å². The molecule has 0 unspecified atom stereocenters. The smallest absolute Gasteiger partial charge is 0.220 e. The van der Waals surface area contributed by atoms with Gasteiger partial charge >= 0.3 is 0 Å². The van der Waals surface area contributed by atoms with Crippen LogP contribution < -0.4 is 0 Å². The first-order valence-electron chi connectivity index (χ1n) is 7.13. The summed E-state index contributed by atoms with van der Waals surface area (Å²) in [4.78, 5) is 7.93. The van der Waals surface area contributed by atoms with Gasteiger partial charge in [-0.15, -0.1) is 5.10 Å². The lowest BCUT2D eigenvalue weighted by Gasteiger charge is -2.07. The molecule has 8 heteroatoms. The average molecular weight is 330 g/mol. The normalized spacial score (nSPS) is 11.0. The molecule has 0 N–H and O–H groups in total. The van der Waals surface area contributed by atoms with E-state index >= 15 is 0 Å². The zero-order valence-electron chi connectivity index (χ0n) is 13.0. The monoisotopic (exact) mass is 330 g/mol. The van der Waals surface area contributed by atoms with E-state index in [1.54, 1.807) is 4.68 Å². The van der Waals surface area contributed by atoms with Crippen molar-refractivity contribution in [2.45, 2.75) is 37.4 Å². The Balaban J connectivity index is 1.97. The lowest BCUT2D eigenvalue weighted by Crippen LogP contribution is -2.02. The number of hydrogen-bond donors (Lipinski definition) is 0. The van der Waals surface area contributed by atoms with Crippen molar-refractivity contribution in [1.82, 2.24) is 30.2 Å². The third kappa shape index (κ3) is 3.07. The van der Waals surface area contributed by atoms with Gasteiger partial charge in [-0.05, 0) is 65.7 Å². The van der Waals surface area contributed by atoms with E-state index in [9.17, 15) is 4.39 Å². The van der Waals surface area contributed by atoms with Gasteiger partial charge in [-0.3, -0.25) is 0 Å². The van der Waals surface area contributed by atoms with E-state index in [0.29, 0.717) is 17.3 Å². The molecule has 3 aromatic rings. The molecule has 118 valence electrons. The van der Waals surface area contributed by atoms with Gasteiger partial charge in [0.1, 0.15) is 11.4 Å². The summed E-state index contributed by atoms with van der Waals surface area (Å²) < 4.78 is 15.9. The average Bonchev–Trinajstić information content (AvgIpc) is 3.00. The zero-order chi connectivity index (χ0) is 16.4. The molecule has 3 rings (SSSR count). The largest absolute Gasteiger partial charge is 0.238 e. The van der Waals surface area contributed by atoms with Crippen LogP contribution in [0.1, 0.15) is 23.7 Å². The second kappa shape index (κ2) is 6.41. The van der Waals surface area contributed by atoms with Gasteiger partial charge in [0.05, 0.1) is 11.4 Å². The minimum absolute atomic E-state index is 0.219. The van der Waals surface area contributed by atoms with Crippen LogP contribution in [0.5, 0.6) is 0 Å². The van der Waals surface area contributed by atoms with Crippen molar-refractivity contribution < 1.29 is 4.39 Å². The molecular formula is C15H15FN6S. The summed E-state index contributed by atoms with van der Waals surface area (Å²) >= 11 is 1.08. The van der Waals surface area contributed by atoms with Crippen molar-refractivity contribution in [2.24, 2.45) is 0 Å². The Hall–Kier alpha value is -2.35. The molecule has 0 atom stereocenters. The van der Waals surface area contributed by atoms with Crippen molar-refractivity contribution in [3.05, 3.63) is 47.2 Å². The molecule has 23 heavy (non-hydrogen) atoms. The van der Waals surface area contributed by atoms with E-state index < -0.39 is 5.82 Å². The Morgan fingerprint density at radius 1 is 1.17 bits per heavy atom. The maximum absolute atomic E-state index is 14.3. The molecule has 2 heterocycles. The Morgan fingerprint density at radius 3 is 2.74 bits per heavy atom. The predicted octanol–water partition coefficient (Wildman–Crippen LogP) is 2.92. The topological polar surface area (TPSA) is 69.4 Å². The second-order valence-electron chi connectivity index (χ2n) is 5.04. The van der Waals surface area contributed by atoms with Crippen molar-refractivity contribution in [2.75, 3.05) is 0 Å². The minimum Gasteiger partial charge on any atom is -0.238 e. The fourth-order valence-electron chi connectivity index (χ4n) is 2.05. The highest BCUT2D eigenvalue weighted by Crippen LogP contribution is 2.28. The number of aromatic nitrogens is 6. The van der Waals surface area contributed by atoms with Gasteiger partial charge in [0, 0.05) is 0 Å². The Kier molecular flexibility index (Phi) is 4.33. The molecule has 1 aromatic carbocycles. The van der Waals surface area contributed by atoms with Gasteiger partial charge in [-0.1, -0.05) is 13.0 Å². The SMILES string of the molecule is CCc1ncnc(Sc2nnnn2-c2ccc(C)c(C)c2)c1F. The summed E-state index contributed by atoms with van der Waals surface area (Å²) in [6.07, 6.45) is 1.86. The van der Waals surface area contributed by atoms with Gasteiger partial charge in [0.15, 0.2) is 5.82 Å². The minimum atomic E-state index is -0.422. The van der Waals surface area contributed by atoms with E-state index in [1.807, 2.05) is 39.0 Å². The summed E-state index contributed by atoms with van der Waals surface area (Å²) in [5.74, 6) is -0.422. The van der Waals surface area contributed by atoms with Gasteiger partial charge < -0.3 is 0 Å². The molecule has 0 radical (unpaired) electrons. The summed E-state index contributed by atoms with van der Waals surface area (Å²) in [5, 5.41) is 12.3. The molecular weight excluding hydrogens is 315 g/mol. The van der Waals surface area contributed by atoms with Crippen LogP contribution in [0.3, 0.4) is 0 Å². The number of nitrogens with zero attached hydrogens (tertiary/aromatic N) is 6. The van der Waals surface area contributed by atoms with E-state index in [0.717, 1.165) is 23.0 Å². The summed E-state index contributed by atoms with van der Waals surface area (Å²) in [6.45, 7) is 5.91. The van der Waals surface area contributed by atoms with Crippen LogP contribution in [0.25, 0.3) is 5.69 Å². The van der Waals surface area contributed by atoms with Gasteiger partial charge in [0.2, 0.25) is 5.16 Å². The van der Waals surface area contributed by atoms with E-state index in [1.165, 1.54) is 11.9 Å². The first-order chi connectivity index (χ1) is 11.1. The highest BCUT2D eigenvalue weighted by molar-refractivity contribution is 7.99. The van der Waals surface area contributed by atoms with E-state index in [4.69, 9.17) is 0 Å². The van der Waals surface area contributed by atoms with Gasteiger partial charge in [0.25, 0.3) is 0 Å². The van der Waals surface area contributed by atoms with Crippen molar-refractivity contribution >= 4 is 11.8 Å². The highest BCUT2D eigenvalue weighted by atomic mass is 32.2. The Bertz CT molecular complexity index is 848. The quantitative estimate of drug-likeness (QED) is 0.685. The Morgan fingerprint density at radius 2 is 2.00 bits per heavy atom. The van der Waals surface area contributed by atoms with Crippen LogP contribution in [-0.2, 0) is 6.42 Å². The molecule has 0 saturated carbocycles. The molecule has 0 amide bonds. The van der Waals surface area contributed by atoms with Crippen LogP contribution in [0.2, 0.25) is 0 Å². The third-order valence-electron chi connectivity index (χ3n) is 3.53. The number of halogens is 1. The first-order valence-corrected chi connectivity index (χ1v) is 7.95. The van der Waals surface area contributed by atoms with Crippen LogP contribution in [0.15, 0.2) is 34.7 Å². The zero-order valence-corrected chi connectivity index (χ0v) is 13.8. The fraction of sp³-hybridized carbons (Fsp3) is 0.267. The second-order valence-corrected chi connectivity index (χ2v) is 5.99. The number of benzene rings is 1. The lowest BCUT2D eigenvalue weighted by molar-refractivity contribution is 0.558. The maximum atomic E-state index is 14.3. The van der Waals surface area contributed by atoms with Crippen molar-refractivity contribution in [3.8, 4) is 5.69 Å². The van der Waals surface area contributed by atoms with Crippen LogP contribution in [0, 0.1) is 19.7 Å². The van der Waals surface area contributed by atoms with Crippen molar-refractivity contribution in [3.63, 3.8) is 0 Å². The van der Waals surface area contributed by atoms with Crippen LogP contribution in [0.4, 0.5) is 4.39 Å². The van der Waals surface area contributed by atoms with Crippen LogP contribution >= 0.6 is 11.8 Å². The summed E-state index contributed by atoms with van der Waals surface area (Å²) in [5.41, 5.74) is 3.53. The molecule has 0 saturated heterocycles. The molecule has 0 bridgehead atoms. The summed E-state index contributed by atoms with van der Waals surface area (Å²) in [6, 6.07) is 5.92. The molecule has 0 fully saturated rings. The summed E-state index contributed by atoms with van der Waals surface area (Å²) in [7, 11) is 0. The molecule has 0 spiro atoms. The van der Waals surface area contributed by atoms with Crippen molar-refractivity contribution in [1.29, 1.82) is 0 Å². The number of hydrogen-bond acceptors (Lipinski definition) is 6. The van der Waals surface area contributed by atoms with Gasteiger partial charge in [-0.2, -0.15) is 4.68 Å². The molecule has 0 aliphatic carbocycles. The highest BCUT2D eigenvalue weighted by Gasteiger charge is 2.16. The Labute approximate surface area is 137 Å². The number of rotatable bonds is 4. The number of tetrazole rings is 1. The number of aryl methyl sites for hydroxylation is 3. The molecule has 2 aromatic heterocycles. The maximum Gasteiger partial charge on any atom is 0.220 e. The third-order valence-corrected chi connectivity index (χ3v) is 4.44. The first kappa shape index (κ1) is 15.5. The lowest BCUT2D eigenvalue weighted by atomic mass is 10.1. The standard InChI is InChI=1S/C15H15FN6S/c1-4-12-13(16)14(18-8-17-12)23-15-19-20-21-22(15)11-6-5-9(2)10(3)7-11/h5-8H,4H2,1-3H3. The molecule has 0 aliphatic rings. The predicted molar refractivity (Wildman–Crippen MR) is 84.1 cm³/mol. The van der Waals surface area contributed by atoms with E-state index in [-0.39, 0.29) is 5.03 Å². The molecule has 0 aliphatic heterocycles. The fourth-order valence-corrected chi connectivity index (χ4v) is 2.84. The van der Waals surface area contributed by atoms with Gasteiger partial charge in [-0.25, -0.2) is 14.4 Å². The molecule has 6 nitrogen and oxygen atoms in total. The van der Waals surface area contributed by atoms with E-state index in [2.05, 4.69) is 25.5 Å².